The first-order valence-corrected chi connectivity index (χ1v) is 7.26. The Bertz CT molecular complexity index is 341. The molecule has 1 rings (SSSR count). The molecule has 1 nitrogen and oxygen atoms in total. The standard InChI is InChI=1S/C17H29N/c1-13(2)11-18-12-17(14(3)4)10-16-9-7-6-8-15(16)5/h6-9,13-14,17-18H,10-12H2,1-5H3. The summed E-state index contributed by atoms with van der Waals surface area (Å²) in [6.45, 7) is 13.7. The second-order valence-corrected chi connectivity index (χ2v) is 6.19. The van der Waals surface area contributed by atoms with Gasteiger partial charge >= 0.3 is 0 Å². The van der Waals surface area contributed by atoms with E-state index in [1.807, 2.05) is 0 Å². The third kappa shape index (κ3) is 5.22. The summed E-state index contributed by atoms with van der Waals surface area (Å²) >= 11 is 0. The van der Waals surface area contributed by atoms with Gasteiger partial charge in [0, 0.05) is 0 Å². The van der Waals surface area contributed by atoms with Crippen molar-refractivity contribution >= 4 is 0 Å². The second kappa shape index (κ2) is 7.58. The molecule has 102 valence electrons. The Kier molecular flexibility index (Phi) is 6.42. The number of rotatable bonds is 7. The molecular weight excluding hydrogens is 218 g/mol. The summed E-state index contributed by atoms with van der Waals surface area (Å²) in [7, 11) is 0. The monoisotopic (exact) mass is 247 g/mol. The average Bonchev–Trinajstić information content (AvgIpc) is 2.29. The quantitative estimate of drug-likeness (QED) is 0.766. The second-order valence-electron chi connectivity index (χ2n) is 6.19. The highest BCUT2D eigenvalue weighted by atomic mass is 14.9. The number of hydrogen-bond donors (Lipinski definition) is 1. The fourth-order valence-electron chi connectivity index (χ4n) is 2.22. The molecule has 0 saturated carbocycles. The maximum absolute atomic E-state index is 3.61. The van der Waals surface area contributed by atoms with Gasteiger partial charge in [-0.3, -0.25) is 0 Å². The summed E-state index contributed by atoms with van der Waals surface area (Å²) in [5.74, 6) is 2.19. The predicted molar refractivity (Wildman–Crippen MR) is 80.9 cm³/mol. The molecule has 1 aromatic carbocycles. The highest BCUT2D eigenvalue weighted by Crippen LogP contribution is 2.19. The van der Waals surface area contributed by atoms with Gasteiger partial charge in [-0.05, 0) is 55.3 Å². The molecule has 1 heteroatoms. The van der Waals surface area contributed by atoms with Crippen LogP contribution >= 0.6 is 0 Å². The Hall–Kier alpha value is -0.820. The van der Waals surface area contributed by atoms with E-state index in [0.717, 1.165) is 30.8 Å². The molecule has 0 saturated heterocycles. The maximum Gasteiger partial charge on any atom is -0.00148 e. The topological polar surface area (TPSA) is 12.0 Å². The SMILES string of the molecule is Cc1ccccc1CC(CNCC(C)C)C(C)C. The number of aryl methyl sites for hydroxylation is 1. The van der Waals surface area contributed by atoms with Crippen molar-refractivity contribution in [1.29, 1.82) is 0 Å². The lowest BCUT2D eigenvalue weighted by molar-refractivity contribution is 0.352. The van der Waals surface area contributed by atoms with Gasteiger partial charge in [0.05, 0.1) is 0 Å². The van der Waals surface area contributed by atoms with Crippen LogP contribution in [0.1, 0.15) is 38.8 Å². The van der Waals surface area contributed by atoms with E-state index in [0.29, 0.717) is 0 Å². The van der Waals surface area contributed by atoms with Gasteiger partial charge in [0.1, 0.15) is 0 Å². The number of hydrogen-bond acceptors (Lipinski definition) is 1. The van der Waals surface area contributed by atoms with Crippen molar-refractivity contribution in [2.45, 2.75) is 41.0 Å². The van der Waals surface area contributed by atoms with Crippen LogP contribution in [0, 0.1) is 24.7 Å². The van der Waals surface area contributed by atoms with Gasteiger partial charge in [0.25, 0.3) is 0 Å². The van der Waals surface area contributed by atoms with Gasteiger partial charge < -0.3 is 5.32 Å². The van der Waals surface area contributed by atoms with E-state index >= 15 is 0 Å². The first-order chi connectivity index (χ1) is 8.50. The predicted octanol–water partition coefficient (Wildman–Crippen LogP) is 4.06. The van der Waals surface area contributed by atoms with Gasteiger partial charge in [0.15, 0.2) is 0 Å². The van der Waals surface area contributed by atoms with E-state index in [2.05, 4.69) is 64.2 Å². The van der Waals surface area contributed by atoms with E-state index in [9.17, 15) is 0 Å². The van der Waals surface area contributed by atoms with Crippen LogP contribution in [0.5, 0.6) is 0 Å². The minimum atomic E-state index is 0.726. The van der Waals surface area contributed by atoms with Crippen LogP contribution in [0.25, 0.3) is 0 Å². The first-order valence-electron chi connectivity index (χ1n) is 7.26. The summed E-state index contributed by atoms with van der Waals surface area (Å²) in [6, 6.07) is 8.77. The van der Waals surface area contributed by atoms with E-state index < -0.39 is 0 Å². The molecule has 1 N–H and O–H groups in total. The summed E-state index contributed by atoms with van der Waals surface area (Å²) in [6.07, 6.45) is 1.19. The van der Waals surface area contributed by atoms with Gasteiger partial charge in [0.2, 0.25) is 0 Å². The summed E-state index contributed by atoms with van der Waals surface area (Å²) < 4.78 is 0. The fraction of sp³-hybridized carbons (Fsp3) is 0.647. The Balaban J connectivity index is 2.55. The lowest BCUT2D eigenvalue weighted by Gasteiger charge is -2.23. The summed E-state index contributed by atoms with van der Waals surface area (Å²) in [5, 5.41) is 3.61. The average molecular weight is 247 g/mol. The zero-order valence-corrected chi connectivity index (χ0v) is 12.7. The maximum atomic E-state index is 3.61. The van der Waals surface area contributed by atoms with E-state index in [-0.39, 0.29) is 0 Å². The minimum Gasteiger partial charge on any atom is -0.316 e. The molecule has 0 aliphatic heterocycles. The van der Waals surface area contributed by atoms with E-state index in [1.54, 1.807) is 0 Å². The molecule has 0 amide bonds. The van der Waals surface area contributed by atoms with Crippen LogP contribution < -0.4 is 5.32 Å². The fourth-order valence-corrected chi connectivity index (χ4v) is 2.22. The highest BCUT2D eigenvalue weighted by molar-refractivity contribution is 5.26. The van der Waals surface area contributed by atoms with Crippen molar-refractivity contribution in [3.63, 3.8) is 0 Å². The van der Waals surface area contributed by atoms with Crippen molar-refractivity contribution in [3.8, 4) is 0 Å². The molecule has 0 aliphatic rings. The number of benzene rings is 1. The van der Waals surface area contributed by atoms with Crippen LogP contribution in [0.3, 0.4) is 0 Å². The molecule has 0 aliphatic carbocycles. The molecule has 1 unspecified atom stereocenters. The lowest BCUT2D eigenvalue weighted by atomic mass is 9.87. The molecule has 0 fully saturated rings. The van der Waals surface area contributed by atoms with Gasteiger partial charge in [-0.2, -0.15) is 0 Å². The zero-order valence-electron chi connectivity index (χ0n) is 12.7. The third-order valence-corrected chi connectivity index (χ3v) is 3.65. The van der Waals surface area contributed by atoms with Gasteiger partial charge in [-0.15, -0.1) is 0 Å². The molecule has 0 heterocycles. The van der Waals surface area contributed by atoms with Crippen LogP contribution in [-0.2, 0) is 6.42 Å². The smallest absolute Gasteiger partial charge is 0.00148 e. The number of nitrogens with one attached hydrogen (secondary N) is 1. The van der Waals surface area contributed by atoms with Crippen molar-refractivity contribution < 1.29 is 0 Å². The lowest BCUT2D eigenvalue weighted by Crippen LogP contribution is -2.30. The third-order valence-electron chi connectivity index (χ3n) is 3.65. The van der Waals surface area contributed by atoms with Gasteiger partial charge in [-0.1, -0.05) is 52.0 Å². The van der Waals surface area contributed by atoms with Crippen molar-refractivity contribution in [1.82, 2.24) is 5.32 Å². The Morgan fingerprint density at radius 2 is 1.67 bits per heavy atom. The van der Waals surface area contributed by atoms with Crippen LogP contribution in [0.2, 0.25) is 0 Å². The summed E-state index contributed by atoms with van der Waals surface area (Å²) in [5.41, 5.74) is 2.93. The Morgan fingerprint density at radius 3 is 2.22 bits per heavy atom. The largest absolute Gasteiger partial charge is 0.316 e. The molecule has 0 aromatic heterocycles. The van der Waals surface area contributed by atoms with E-state index in [1.165, 1.54) is 17.5 Å². The molecule has 18 heavy (non-hydrogen) atoms. The normalized spacial score (nSPS) is 13.3. The van der Waals surface area contributed by atoms with Crippen molar-refractivity contribution in [3.05, 3.63) is 35.4 Å². The highest BCUT2D eigenvalue weighted by Gasteiger charge is 2.14. The van der Waals surface area contributed by atoms with Crippen molar-refractivity contribution in [2.75, 3.05) is 13.1 Å². The van der Waals surface area contributed by atoms with Gasteiger partial charge in [-0.25, -0.2) is 0 Å². The molecule has 0 radical (unpaired) electrons. The van der Waals surface area contributed by atoms with Crippen LogP contribution in [-0.4, -0.2) is 13.1 Å². The molecule has 1 atom stereocenters. The molecular formula is C17H29N. The van der Waals surface area contributed by atoms with E-state index in [4.69, 9.17) is 0 Å². The molecule has 1 aromatic rings. The van der Waals surface area contributed by atoms with Crippen LogP contribution in [0.4, 0.5) is 0 Å². The Morgan fingerprint density at radius 1 is 1.00 bits per heavy atom. The summed E-state index contributed by atoms with van der Waals surface area (Å²) in [4.78, 5) is 0. The molecule has 0 spiro atoms. The minimum absolute atomic E-state index is 0.726. The first kappa shape index (κ1) is 15.2. The van der Waals surface area contributed by atoms with Crippen LogP contribution in [0.15, 0.2) is 24.3 Å². The zero-order chi connectivity index (χ0) is 13.5. The van der Waals surface area contributed by atoms with Crippen molar-refractivity contribution in [2.24, 2.45) is 17.8 Å². The molecule has 0 bridgehead atoms. The Labute approximate surface area is 113 Å².